The van der Waals surface area contributed by atoms with Crippen LogP contribution in [0.4, 0.5) is 0 Å². The Labute approximate surface area is 104 Å². The summed E-state index contributed by atoms with van der Waals surface area (Å²) in [6.07, 6.45) is 4.76. The van der Waals surface area contributed by atoms with Gasteiger partial charge >= 0.3 is 5.97 Å². The quantitative estimate of drug-likeness (QED) is 0.784. The number of carboxylic acid groups (broad SMARTS) is 1. The summed E-state index contributed by atoms with van der Waals surface area (Å²) in [5.74, 6) is -0.478. The SMILES string of the molecule is O=C(O)CCNC(=O)c1noc2c1CCCCC2. The van der Waals surface area contributed by atoms with Gasteiger partial charge in [0.25, 0.3) is 5.91 Å². The Balaban J connectivity index is 2.02. The molecule has 98 valence electrons. The zero-order chi connectivity index (χ0) is 13.0. The number of aryl methyl sites for hydroxylation is 1. The Bertz CT molecular complexity index is 453. The third-order valence-corrected chi connectivity index (χ3v) is 3.04. The number of amides is 1. The molecule has 2 N–H and O–H groups in total. The van der Waals surface area contributed by atoms with Crippen molar-refractivity contribution in [1.29, 1.82) is 0 Å². The van der Waals surface area contributed by atoms with E-state index in [1.54, 1.807) is 0 Å². The highest BCUT2D eigenvalue weighted by Gasteiger charge is 2.22. The zero-order valence-corrected chi connectivity index (χ0v) is 10.1. The van der Waals surface area contributed by atoms with Gasteiger partial charge in [-0.25, -0.2) is 0 Å². The summed E-state index contributed by atoms with van der Waals surface area (Å²) in [7, 11) is 0. The van der Waals surface area contributed by atoms with E-state index in [1.807, 2.05) is 0 Å². The molecular formula is C12H16N2O4. The van der Waals surface area contributed by atoms with Crippen LogP contribution in [0.5, 0.6) is 0 Å². The first kappa shape index (κ1) is 12.6. The molecule has 0 fully saturated rings. The smallest absolute Gasteiger partial charge is 0.305 e. The molecule has 0 aliphatic heterocycles. The fraction of sp³-hybridized carbons (Fsp3) is 0.583. The number of nitrogens with zero attached hydrogens (tertiary/aromatic N) is 1. The lowest BCUT2D eigenvalue weighted by Crippen LogP contribution is -2.27. The van der Waals surface area contributed by atoms with E-state index >= 15 is 0 Å². The molecule has 1 aromatic rings. The minimum absolute atomic E-state index is 0.0915. The Morgan fingerprint density at radius 1 is 1.28 bits per heavy atom. The van der Waals surface area contributed by atoms with Crippen LogP contribution in [-0.2, 0) is 17.6 Å². The number of hydrogen-bond acceptors (Lipinski definition) is 4. The van der Waals surface area contributed by atoms with Gasteiger partial charge in [0.2, 0.25) is 0 Å². The Hall–Kier alpha value is -1.85. The molecule has 2 rings (SSSR count). The van der Waals surface area contributed by atoms with Crippen LogP contribution in [0.25, 0.3) is 0 Å². The maximum absolute atomic E-state index is 11.8. The minimum atomic E-state index is -0.936. The lowest BCUT2D eigenvalue weighted by Gasteiger charge is -2.02. The number of rotatable bonds is 4. The number of nitrogens with one attached hydrogen (secondary N) is 1. The van der Waals surface area contributed by atoms with Crippen molar-refractivity contribution >= 4 is 11.9 Å². The van der Waals surface area contributed by atoms with E-state index in [1.165, 1.54) is 0 Å². The van der Waals surface area contributed by atoms with E-state index < -0.39 is 5.97 Å². The summed E-state index contributed by atoms with van der Waals surface area (Å²) in [6.45, 7) is 0.107. The largest absolute Gasteiger partial charge is 0.481 e. The molecule has 6 heteroatoms. The maximum Gasteiger partial charge on any atom is 0.305 e. The van der Waals surface area contributed by atoms with Crippen LogP contribution in [0, 0.1) is 0 Å². The van der Waals surface area contributed by atoms with Crippen LogP contribution in [-0.4, -0.2) is 28.7 Å². The van der Waals surface area contributed by atoms with Crippen LogP contribution in [0.1, 0.15) is 47.5 Å². The fourth-order valence-corrected chi connectivity index (χ4v) is 2.11. The maximum atomic E-state index is 11.8. The molecule has 0 unspecified atom stereocenters. The Morgan fingerprint density at radius 3 is 2.83 bits per heavy atom. The van der Waals surface area contributed by atoms with Crippen LogP contribution in [0.15, 0.2) is 4.52 Å². The van der Waals surface area contributed by atoms with Crippen molar-refractivity contribution in [2.24, 2.45) is 0 Å². The number of carboxylic acids is 1. The standard InChI is InChI=1S/C12H16N2O4/c15-10(16)6-7-13-12(17)11-8-4-2-1-3-5-9(8)18-14-11/h1-7H2,(H,13,17)(H,15,16). The average molecular weight is 252 g/mol. The molecule has 0 aromatic carbocycles. The first-order valence-corrected chi connectivity index (χ1v) is 6.16. The second-order valence-electron chi connectivity index (χ2n) is 4.39. The summed E-state index contributed by atoms with van der Waals surface area (Å²) >= 11 is 0. The predicted octanol–water partition coefficient (Wildman–Crippen LogP) is 1.15. The van der Waals surface area contributed by atoms with Crippen molar-refractivity contribution in [3.05, 3.63) is 17.0 Å². The molecule has 0 atom stereocenters. The second-order valence-corrected chi connectivity index (χ2v) is 4.39. The Kier molecular flexibility index (Phi) is 3.96. The second kappa shape index (κ2) is 5.66. The molecule has 0 radical (unpaired) electrons. The van der Waals surface area contributed by atoms with Gasteiger partial charge in [-0.1, -0.05) is 11.6 Å². The summed E-state index contributed by atoms with van der Waals surface area (Å²) in [4.78, 5) is 22.2. The van der Waals surface area contributed by atoms with Crippen LogP contribution >= 0.6 is 0 Å². The van der Waals surface area contributed by atoms with E-state index in [0.717, 1.165) is 43.4 Å². The van der Waals surface area contributed by atoms with Gasteiger partial charge in [0.05, 0.1) is 6.42 Å². The predicted molar refractivity (Wildman–Crippen MR) is 62.3 cm³/mol. The van der Waals surface area contributed by atoms with Crippen molar-refractivity contribution in [2.75, 3.05) is 6.54 Å². The molecule has 1 heterocycles. The van der Waals surface area contributed by atoms with E-state index in [-0.39, 0.29) is 18.9 Å². The van der Waals surface area contributed by atoms with Gasteiger partial charge in [0.15, 0.2) is 5.69 Å². The molecule has 18 heavy (non-hydrogen) atoms. The van der Waals surface area contributed by atoms with Gasteiger partial charge < -0.3 is 14.9 Å². The number of aromatic nitrogens is 1. The van der Waals surface area contributed by atoms with E-state index in [2.05, 4.69) is 10.5 Å². The van der Waals surface area contributed by atoms with Crippen molar-refractivity contribution in [3.63, 3.8) is 0 Å². The number of fused-ring (bicyclic) bond motifs is 1. The highest BCUT2D eigenvalue weighted by atomic mass is 16.5. The number of aliphatic carboxylic acids is 1. The normalized spacial score (nSPS) is 14.7. The van der Waals surface area contributed by atoms with E-state index in [4.69, 9.17) is 9.63 Å². The molecule has 1 amide bonds. The molecule has 1 aromatic heterocycles. The monoisotopic (exact) mass is 252 g/mol. The molecule has 0 spiro atoms. The summed E-state index contributed by atoms with van der Waals surface area (Å²) < 4.78 is 5.19. The van der Waals surface area contributed by atoms with Gasteiger partial charge in [-0.05, 0) is 19.3 Å². The van der Waals surface area contributed by atoms with Crippen molar-refractivity contribution < 1.29 is 19.2 Å². The van der Waals surface area contributed by atoms with Gasteiger partial charge in [0.1, 0.15) is 5.76 Å². The first-order chi connectivity index (χ1) is 8.68. The van der Waals surface area contributed by atoms with Gasteiger partial charge in [-0.3, -0.25) is 9.59 Å². The van der Waals surface area contributed by atoms with Crippen LogP contribution in [0.3, 0.4) is 0 Å². The molecule has 6 nitrogen and oxygen atoms in total. The van der Waals surface area contributed by atoms with Crippen LogP contribution in [0.2, 0.25) is 0 Å². The number of carbonyl (C=O) groups is 2. The van der Waals surface area contributed by atoms with Crippen molar-refractivity contribution in [3.8, 4) is 0 Å². The molecule has 1 aliphatic rings. The zero-order valence-electron chi connectivity index (χ0n) is 10.1. The van der Waals surface area contributed by atoms with Gasteiger partial charge in [-0.15, -0.1) is 0 Å². The summed E-state index contributed by atoms with van der Waals surface area (Å²) in [5, 5.41) is 14.8. The van der Waals surface area contributed by atoms with Gasteiger partial charge in [0, 0.05) is 18.5 Å². The van der Waals surface area contributed by atoms with Crippen molar-refractivity contribution in [1.82, 2.24) is 10.5 Å². The third kappa shape index (κ3) is 2.88. The first-order valence-electron chi connectivity index (χ1n) is 6.16. The lowest BCUT2D eigenvalue weighted by molar-refractivity contribution is -0.136. The van der Waals surface area contributed by atoms with Crippen LogP contribution < -0.4 is 5.32 Å². The van der Waals surface area contributed by atoms with Gasteiger partial charge in [-0.2, -0.15) is 0 Å². The number of hydrogen-bond donors (Lipinski definition) is 2. The van der Waals surface area contributed by atoms with E-state index in [9.17, 15) is 9.59 Å². The van der Waals surface area contributed by atoms with E-state index in [0.29, 0.717) is 5.69 Å². The molecule has 0 saturated heterocycles. The Morgan fingerprint density at radius 2 is 2.06 bits per heavy atom. The molecular weight excluding hydrogens is 236 g/mol. The highest BCUT2D eigenvalue weighted by Crippen LogP contribution is 2.23. The van der Waals surface area contributed by atoms with Crippen molar-refractivity contribution in [2.45, 2.75) is 38.5 Å². The minimum Gasteiger partial charge on any atom is -0.481 e. The molecule has 0 bridgehead atoms. The highest BCUT2D eigenvalue weighted by molar-refractivity contribution is 5.94. The topological polar surface area (TPSA) is 92.4 Å². The lowest BCUT2D eigenvalue weighted by atomic mass is 10.1. The molecule has 1 aliphatic carbocycles. The molecule has 0 saturated carbocycles. The summed E-state index contributed by atoms with van der Waals surface area (Å²) in [5.41, 5.74) is 1.21. The fourth-order valence-electron chi connectivity index (χ4n) is 2.11. The third-order valence-electron chi connectivity index (χ3n) is 3.04. The number of carbonyl (C=O) groups excluding carboxylic acids is 1. The summed E-state index contributed by atoms with van der Waals surface area (Å²) in [6, 6.07) is 0. The average Bonchev–Trinajstić information content (AvgIpc) is 2.58.